The Morgan fingerprint density at radius 2 is 2.38 bits per heavy atom. The second-order valence-electron chi connectivity index (χ2n) is 4.64. The summed E-state index contributed by atoms with van der Waals surface area (Å²) in [6.07, 6.45) is 4.51. The minimum absolute atomic E-state index is 0.00159. The number of thiocarbonyl (C=S) groups is 1. The molecule has 16 heavy (non-hydrogen) atoms. The van der Waals surface area contributed by atoms with Crippen LogP contribution in [0.2, 0.25) is 0 Å². The molecule has 1 aromatic rings. The van der Waals surface area contributed by atoms with E-state index in [4.69, 9.17) is 18.0 Å². The molecule has 0 radical (unpaired) electrons. The van der Waals surface area contributed by atoms with Gasteiger partial charge in [0.2, 0.25) is 0 Å². The number of hydrogen-bond acceptors (Lipinski definition) is 3. The molecule has 4 nitrogen and oxygen atoms in total. The van der Waals surface area contributed by atoms with E-state index in [2.05, 4.69) is 4.98 Å². The Kier molecular flexibility index (Phi) is 2.80. The highest BCUT2D eigenvalue weighted by Crippen LogP contribution is 2.49. The first-order valence-electron chi connectivity index (χ1n) is 5.32. The maximum atomic E-state index is 11.7. The van der Waals surface area contributed by atoms with Gasteiger partial charge in [-0.3, -0.25) is 9.36 Å². The third-order valence-electron chi connectivity index (χ3n) is 3.03. The molecular weight excluding hydrogens is 222 g/mol. The topological polar surface area (TPSA) is 60.9 Å². The van der Waals surface area contributed by atoms with Crippen molar-refractivity contribution in [2.24, 2.45) is 11.1 Å². The summed E-state index contributed by atoms with van der Waals surface area (Å²) in [5.41, 5.74) is 6.43. The molecule has 1 aliphatic rings. The van der Waals surface area contributed by atoms with Crippen LogP contribution in [0.5, 0.6) is 0 Å². The van der Waals surface area contributed by atoms with Gasteiger partial charge in [0.25, 0.3) is 5.56 Å². The fourth-order valence-electron chi connectivity index (χ4n) is 1.93. The molecule has 0 saturated heterocycles. The van der Waals surface area contributed by atoms with E-state index in [9.17, 15) is 4.79 Å². The van der Waals surface area contributed by atoms with Crippen LogP contribution in [0.15, 0.2) is 17.2 Å². The van der Waals surface area contributed by atoms with E-state index in [0.29, 0.717) is 11.5 Å². The van der Waals surface area contributed by atoms with Gasteiger partial charge < -0.3 is 5.73 Å². The van der Waals surface area contributed by atoms with E-state index >= 15 is 0 Å². The fourth-order valence-corrected chi connectivity index (χ4v) is 2.24. The molecule has 1 heterocycles. The Hall–Kier alpha value is -1.23. The molecule has 1 aromatic heterocycles. The molecule has 0 spiro atoms. The second-order valence-corrected chi connectivity index (χ2v) is 5.16. The summed E-state index contributed by atoms with van der Waals surface area (Å²) in [6, 6.07) is 1.55. The molecule has 0 bridgehead atoms. The van der Waals surface area contributed by atoms with E-state index in [1.54, 1.807) is 17.0 Å². The summed E-state index contributed by atoms with van der Waals surface area (Å²) in [6.45, 7) is 2.49. The molecule has 1 fully saturated rings. The zero-order valence-electron chi connectivity index (χ0n) is 9.27. The first-order chi connectivity index (χ1) is 7.51. The minimum Gasteiger partial charge on any atom is -0.393 e. The zero-order chi connectivity index (χ0) is 11.8. The number of hydrogen-bond donors (Lipinski definition) is 1. The van der Waals surface area contributed by atoms with Crippen molar-refractivity contribution in [2.45, 2.75) is 32.7 Å². The Morgan fingerprint density at radius 3 is 2.88 bits per heavy atom. The molecule has 2 N–H and O–H groups in total. The van der Waals surface area contributed by atoms with Gasteiger partial charge in [0, 0.05) is 24.7 Å². The Bertz CT molecular complexity index is 476. The van der Waals surface area contributed by atoms with Crippen LogP contribution >= 0.6 is 12.2 Å². The smallest absolute Gasteiger partial charge is 0.253 e. The second kappa shape index (κ2) is 3.97. The van der Waals surface area contributed by atoms with Gasteiger partial charge in [-0.05, 0) is 25.2 Å². The van der Waals surface area contributed by atoms with Crippen LogP contribution in [0.1, 0.15) is 25.0 Å². The maximum absolute atomic E-state index is 11.7. The zero-order valence-corrected chi connectivity index (χ0v) is 10.1. The van der Waals surface area contributed by atoms with E-state index in [-0.39, 0.29) is 11.0 Å². The van der Waals surface area contributed by atoms with Crippen LogP contribution in [0.3, 0.4) is 0 Å². The molecule has 2 rings (SSSR count). The minimum atomic E-state index is 0.00159. The summed E-state index contributed by atoms with van der Waals surface area (Å²) in [7, 11) is 0. The van der Waals surface area contributed by atoms with Gasteiger partial charge in [-0.2, -0.15) is 0 Å². The van der Waals surface area contributed by atoms with Crippen molar-refractivity contribution in [1.29, 1.82) is 0 Å². The third kappa shape index (κ3) is 2.47. The first kappa shape index (κ1) is 11.3. The van der Waals surface area contributed by atoms with Gasteiger partial charge in [-0.1, -0.05) is 12.2 Å². The van der Waals surface area contributed by atoms with Crippen LogP contribution in [-0.2, 0) is 6.54 Å². The lowest BCUT2D eigenvalue weighted by Gasteiger charge is -2.15. The molecule has 0 atom stereocenters. The predicted octanol–water partition coefficient (Wildman–Crippen LogP) is 1.01. The van der Waals surface area contributed by atoms with Crippen molar-refractivity contribution in [3.05, 3.63) is 28.4 Å². The number of rotatable bonds is 4. The summed E-state index contributed by atoms with van der Waals surface area (Å²) in [5, 5.41) is 0. The van der Waals surface area contributed by atoms with Crippen LogP contribution in [0.25, 0.3) is 0 Å². The molecule has 5 heteroatoms. The van der Waals surface area contributed by atoms with Gasteiger partial charge in [0.05, 0.1) is 11.3 Å². The highest BCUT2D eigenvalue weighted by molar-refractivity contribution is 7.80. The van der Waals surface area contributed by atoms with E-state index in [0.717, 1.165) is 25.0 Å². The van der Waals surface area contributed by atoms with Crippen LogP contribution < -0.4 is 11.3 Å². The average molecular weight is 237 g/mol. The summed E-state index contributed by atoms with van der Waals surface area (Å²) in [4.78, 5) is 16.4. The lowest BCUT2D eigenvalue weighted by molar-refractivity contribution is 0.426. The number of nitrogens with two attached hydrogens (primary N) is 1. The molecule has 1 aliphatic carbocycles. The van der Waals surface area contributed by atoms with Gasteiger partial charge in [0.1, 0.15) is 0 Å². The number of aromatic nitrogens is 2. The van der Waals surface area contributed by atoms with Crippen molar-refractivity contribution in [1.82, 2.24) is 9.55 Å². The largest absolute Gasteiger partial charge is 0.393 e. The van der Waals surface area contributed by atoms with Crippen molar-refractivity contribution < 1.29 is 0 Å². The predicted molar refractivity (Wildman–Crippen MR) is 66.3 cm³/mol. The molecule has 86 valence electrons. The van der Waals surface area contributed by atoms with Crippen molar-refractivity contribution in [3.63, 3.8) is 0 Å². The average Bonchev–Trinajstić information content (AvgIpc) is 2.89. The quantitative estimate of drug-likeness (QED) is 0.794. The lowest BCUT2D eigenvalue weighted by Crippen LogP contribution is -2.27. The fraction of sp³-hybridized carbons (Fsp3) is 0.545. The molecule has 0 aliphatic heterocycles. The van der Waals surface area contributed by atoms with Gasteiger partial charge in [-0.25, -0.2) is 4.98 Å². The Labute approximate surface area is 99.5 Å². The summed E-state index contributed by atoms with van der Waals surface area (Å²) >= 11 is 4.93. The van der Waals surface area contributed by atoms with Gasteiger partial charge in [0.15, 0.2) is 0 Å². The van der Waals surface area contributed by atoms with E-state index in [1.807, 2.05) is 6.92 Å². The Balaban J connectivity index is 2.15. The highest BCUT2D eigenvalue weighted by atomic mass is 32.1. The summed E-state index contributed by atoms with van der Waals surface area (Å²) in [5.74, 6) is 0. The summed E-state index contributed by atoms with van der Waals surface area (Å²) < 4.78 is 1.65. The SMILES string of the molecule is Cc1cc(=O)n(CC2(CC(N)=S)CC2)cn1. The molecular formula is C11H15N3OS. The monoisotopic (exact) mass is 237 g/mol. The van der Waals surface area contributed by atoms with Gasteiger partial charge >= 0.3 is 0 Å². The first-order valence-corrected chi connectivity index (χ1v) is 5.73. The van der Waals surface area contributed by atoms with Crippen LogP contribution in [-0.4, -0.2) is 14.5 Å². The lowest BCUT2D eigenvalue weighted by atomic mass is 10.0. The Morgan fingerprint density at radius 1 is 1.69 bits per heavy atom. The molecule has 0 aromatic carbocycles. The van der Waals surface area contributed by atoms with Gasteiger partial charge in [-0.15, -0.1) is 0 Å². The number of nitrogens with zero attached hydrogens (tertiary/aromatic N) is 2. The number of aryl methyl sites for hydroxylation is 1. The van der Waals surface area contributed by atoms with Crippen molar-refractivity contribution in [3.8, 4) is 0 Å². The molecule has 0 amide bonds. The van der Waals surface area contributed by atoms with E-state index in [1.165, 1.54) is 0 Å². The molecule has 0 unspecified atom stereocenters. The standard InChI is InChI=1S/C11H15N3OS/c1-8-4-10(15)14(7-13-8)6-11(2-3-11)5-9(12)16/h4,7H,2-3,5-6H2,1H3,(H2,12,16). The van der Waals surface area contributed by atoms with Crippen molar-refractivity contribution in [2.75, 3.05) is 0 Å². The third-order valence-corrected chi connectivity index (χ3v) is 3.17. The van der Waals surface area contributed by atoms with Crippen LogP contribution in [0, 0.1) is 12.3 Å². The maximum Gasteiger partial charge on any atom is 0.253 e. The van der Waals surface area contributed by atoms with Crippen LogP contribution in [0.4, 0.5) is 0 Å². The normalized spacial score (nSPS) is 17.1. The van der Waals surface area contributed by atoms with E-state index < -0.39 is 0 Å². The molecule has 1 saturated carbocycles. The van der Waals surface area contributed by atoms with Crippen molar-refractivity contribution >= 4 is 17.2 Å². The highest BCUT2D eigenvalue weighted by Gasteiger charge is 2.43.